The molecule has 1 aromatic carbocycles. The number of hydrazone groups is 1. The minimum atomic E-state index is -0.441. The number of ether oxygens (including phenoxy) is 1. The molecule has 0 spiro atoms. The van der Waals surface area contributed by atoms with Crippen LogP contribution in [0.2, 0.25) is 0 Å². The van der Waals surface area contributed by atoms with Crippen molar-refractivity contribution in [3.05, 3.63) is 74.6 Å². The van der Waals surface area contributed by atoms with Gasteiger partial charge in [-0.2, -0.15) is 10.2 Å². The van der Waals surface area contributed by atoms with Crippen LogP contribution in [-0.2, 0) is 13.6 Å². The normalized spacial score (nSPS) is 11.4. The van der Waals surface area contributed by atoms with Crippen LogP contribution in [0.15, 0.2) is 52.9 Å². The summed E-state index contributed by atoms with van der Waals surface area (Å²) in [5, 5.41) is 23.8. The van der Waals surface area contributed by atoms with Crippen LogP contribution in [0.1, 0.15) is 43.2 Å². The van der Waals surface area contributed by atoms with Gasteiger partial charge in [0.2, 0.25) is 0 Å². The molecule has 0 aliphatic rings. The van der Waals surface area contributed by atoms with Crippen LogP contribution >= 0.6 is 22.7 Å². The number of aryl methyl sites for hydroxylation is 2. The molecule has 36 heavy (non-hydrogen) atoms. The van der Waals surface area contributed by atoms with Crippen molar-refractivity contribution in [2.24, 2.45) is 12.1 Å². The topological polar surface area (TPSA) is 118 Å². The first-order valence-electron chi connectivity index (χ1n) is 10.9. The summed E-state index contributed by atoms with van der Waals surface area (Å²) in [6, 6.07) is 12.5. The van der Waals surface area contributed by atoms with E-state index < -0.39 is 5.91 Å². The molecule has 9 nitrogen and oxygen atoms in total. The second-order valence-corrected chi connectivity index (χ2v) is 9.90. The number of carbonyl (C=O) groups is 2. The highest BCUT2D eigenvalue weighted by Crippen LogP contribution is 2.39. The summed E-state index contributed by atoms with van der Waals surface area (Å²) < 4.78 is 6.92. The van der Waals surface area contributed by atoms with Gasteiger partial charge in [-0.1, -0.05) is 0 Å². The van der Waals surface area contributed by atoms with Gasteiger partial charge < -0.3 is 15.2 Å². The number of hydrogen-bond acceptors (Lipinski definition) is 8. The van der Waals surface area contributed by atoms with Crippen molar-refractivity contribution in [3.63, 3.8) is 0 Å². The molecule has 0 unspecified atom stereocenters. The highest BCUT2D eigenvalue weighted by Gasteiger charge is 2.17. The molecule has 3 heterocycles. The van der Waals surface area contributed by atoms with E-state index in [1.807, 2.05) is 44.3 Å². The first-order chi connectivity index (χ1) is 17.3. The highest BCUT2D eigenvalue weighted by atomic mass is 32.1. The minimum absolute atomic E-state index is 0.0962. The van der Waals surface area contributed by atoms with E-state index in [1.165, 1.54) is 11.3 Å². The van der Waals surface area contributed by atoms with Crippen LogP contribution in [0.4, 0.5) is 0 Å². The Morgan fingerprint density at radius 1 is 1.14 bits per heavy atom. The smallest absolute Gasteiger partial charge is 0.281 e. The fourth-order valence-corrected chi connectivity index (χ4v) is 5.19. The highest BCUT2D eigenvalue weighted by molar-refractivity contribution is 7.16. The maximum absolute atomic E-state index is 12.6. The lowest BCUT2D eigenvalue weighted by Crippen LogP contribution is -2.22. The molecule has 3 N–H and O–H groups in total. The first kappa shape index (κ1) is 25.1. The number of carbonyl (C=O) groups excluding carboxylic acids is 2. The van der Waals surface area contributed by atoms with E-state index in [9.17, 15) is 14.7 Å². The average Bonchev–Trinajstić information content (AvgIpc) is 3.60. The Kier molecular flexibility index (Phi) is 7.51. The Morgan fingerprint density at radius 2 is 1.83 bits per heavy atom. The van der Waals surface area contributed by atoms with Gasteiger partial charge in [0.15, 0.2) is 0 Å². The Balaban J connectivity index is 1.38. The summed E-state index contributed by atoms with van der Waals surface area (Å²) in [4.78, 5) is 26.5. The SMILES string of the molecule is COc1ccc(-c2scc(C(C)=NNC(=O)c3ccc(C(=O)NCc4cc(C)n(C)n4)s3)c2O)cc1. The van der Waals surface area contributed by atoms with Crippen LogP contribution in [0, 0.1) is 6.92 Å². The lowest BCUT2D eigenvalue weighted by atomic mass is 10.1. The molecule has 4 aromatic rings. The standard InChI is InChI=1S/C25H25N5O4S2/c1-14-11-17(29-30(14)3)12-26-24(32)20-9-10-21(36-20)25(33)28-27-15(2)19-13-35-23(22(19)31)16-5-7-18(34-4)8-6-16/h5-11,13,31H,12H2,1-4H3,(H,26,32)(H,28,33). The molecule has 0 bridgehead atoms. The third-order valence-corrected chi connectivity index (χ3v) is 7.58. The predicted octanol–water partition coefficient (Wildman–Crippen LogP) is 4.32. The van der Waals surface area contributed by atoms with E-state index in [4.69, 9.17) is 4.74 Å². The van der Waals surface area contributed by atoms with Crippen molar-refractivity contribution < 1.29 is 19.4 Å². The Hall–Kier alpha value is -3.96. The molecule has 0 atom stereocenters. The molecule has 0 fully saturated rings. The van der Waals surface area contributed by atoms with Gasteiger partial charge in [-0.25, -0.2) is 5.43 Å². The maximum atomic E-state index is 12.6. The zero-order valence-corrected chi connectivity index (χ0v) is 21.8. The summed E-state index contributed by atoms with van der Waals surface area (Å²) in [5.74, 6) is 0.104. The number of hydrogen-bond donors (Lipinski definition) is 3. The Bertz CT molecular complexity index is 1410. The fourth-order valence-electron chi connectivity index (χ4n) is 3.37. The van der Waals surface area contributed by atoms with E-state index >= 15 is 0 Å². The van der Waals surface area contributed by atoms with E-state index in [2.05, 4.69) is 20.9 Å². The van der Waals surface area contributed by atoms with Gasteiger partial charge in [0.1, 0.15) is 11.5 Å². The number of methoxy groups -OCH3 is 1. The van der Waals surface area contributed by atoms with Gasteiger partial charge >= 0.3 is 0 Å². The van der Waals surface area contributed by atoms with Crippen molar-refractivity contribution in [1.29, 1.82) is 0 Å². The third kappa shape index (κ3) is 5.47. The zero-order valence-electron chi connectivity index (χ0n) is 20.2. The number of thiophene rings is 2. The Morgan fingerprint density at radius 3 is 2.47 bits per heavy atom. The van der Waals surface area contributed by atoms with Crippen LogP contribution in [0.5, 0.6) is 11.5 Å². The summed E-state index contributed by atoms with van der Waals surface area (Å²) >= 11 is 2.45. The number of aromatic nitrogens is 2. The van der Waals surface area contributed by atoms with E-state index in [0.717, 1.165) is 34.0 Å². The molecule has 0 radical (unpaired) electrons. The number of nitrogens with one attached hydrogen (secondary N) is 2. The minimum Gasteiger partial charge on any atom is -0.506 e. The van der Waals surface area contributed by atoms with E-state index in [-0.39, 0.29) is 11.7 Å². The van der Waals surface area contributed by atoms with Gasteiger partial charge in [0.05, 0.1) is 45.3 Å². The quantitative estimate of drug-likeness (QED) is 0.235. The second-order valence-electron chi connectivity index (χ2n) is 7.94. The molecule has 4 rings (SSSR count). The van der Waals surface area contributed by atoms with Crippen molar-refractivity contribution in [1.82, 2.24) is 20.5 Å². The molecule has 0 aliphatic carbocycles. The predicted molar refractivity (Wildman–Crippen MR) is 141 cm³/mol. The van der Waals surface area contributed by atoms with Crippen LogP contribution < -0.4 is 15.5 Å². The molecule has 2 amide bonds. The number of amides is 2. The molecular formula is C25H25N5O4S2. The summed E-state index contributed by atoms with van der Waals surface area (Å²) in [6.07, 6.45) is 0. The Labute approximate surface area is 216 Å². The van der Waals surface area contributed by atoms with Crippen molar-refractivity contribution in [3.8, 4) is 21.9 Å². The lowest BCUT2D eigenvalue weighted by Gasteiger charge is -2.04. The summed E-state index contributed by atoms with van der Waals surface area (Å²) in [5.41, 5.74) is 6.09. The van der Waals surface area contributed by atoms with Crippen molar-refractivity contribution >= 4 is 40.2 Å². The number of rotatable bonds is 8. The second kappa shape index (κ2) is 10.8. The molecular weight excluding hydrogens is 498 g/mol. The van der Waals surface area contributed by atoms with Crippen molar-refractivity contribution in [2.75, 3.05) is 7.11 Å². The number of aromatic hydroxyl groups is 1. The van der Waals surface area contributed by atoms with Crippen LogP contribution in [0.25, 0.3) is 10.4 Å². The molecule has 3 aromatic heterocycles. The molecule has 11 heteroatoms. The van der Waals surface area contributed by atoms with Gasteiger partial charge in [0, 0.05) is 18.1 Å². The third-order valence-electron chi connectivity index (χ3n) is 5.48. The summed E-state index contributed by atoms with van der Waals surface area (Å²) in [7, 11) is 3.44. The lowest BCUT2D eigenvalue weighted by molar-refractivity contribution is 0.0949. The average molecular weight is 524 g/mol. The van der Waals surface area contributed by atoms with Crippen LogP contribution in [-0.4, -0.2) is 39.5 Å². The van der Waals surface area contributed by atoms with Crippen LogP contribution in [0.3, 0.4) is 0 Å². The van der Waals surface area contributed by atoms with Gasteiger partial charge in [0.25, 0.3) is 11.8 Å². The largest absolute Gasteiger partial charge is 0.506 e. The fraction of sp³-hybridized carbons (Fsp3) is 0.200. The van der Waals surface area contributed by atoms with E-state index in [0.29, 0.717) is 32.5 Å². The molecule has 186 valence electrons. The molecule has 0 aliphatic heterocycles. The molecule has 0 saturated carbocycles. The van der Waals surface area contributed by atoms with Gasteiger partial charge in [-0.05, 0) is 61.9 Å². The van der Waals surface area contributed by atoms with Gasteiger partial charge in [-0.3, -0.25) is 14.3 Å². The molecule has 0 saturated heterocycles. The number of nitrogens with zero attached hydrogens (tertiary/aromatic N) is 3. The number of benzene rings is 1. The van der Waals surface area contributed by atoms with Crippen molar-refractivity contribution in [2.45, 2.75) is 20.4 Å². The van der Waals surface area contributed by atoms with Gasteiger partial charge in [-0.15, -0.1) is 22.7 Å². The first-order valence-corrected chi connectivity index (χ1v) is 12.6. The summed E-state index contributed by atoms with van der Waals surface area (Å²) in [6.45, 7) is 3.94. The monoisotopic (exact) mass is 523 g/mol. The zero-order chi connectivity index (χ0) is 25.8. The van der Waals surface area contributed by atoms with E-state index in [1.54, 1.807) is 36.2 Å². The maximum Gasteiger partial charge on any atom is 0.281 e.